The quantitative estimate of drug-likeness (QED) is 0.705. The van der Waals surface area contributed by atoms with Gasteiger partial charge in [-0.15, -0.1) is 11.3 Å². The minimum atomic E-state index is 0.516. The van der Waals surface area contributed by atoms with Crippen LogP contribution in [0.5, 0.6) is 0 Å². The van der Waals surface area contributed by atoms with Gasteiger partial charge in [0.1, 0.15) is 6.73 Å². The first kappa shape index (κ1) is 12.1. The van der Waals surface area contributed by atoms with Crippen LogP contribution in [0.15, 0.2) is 60.2 Å². The summed E-state index contributed by atoms with van der Waals surface area (Å²) in [5.41, 5.74) is 1.18. The molecule has 0 saturated heterocycles. The minimum absolute atomic E-state index is 0.516. The molecule has 3 rings (SSSR count). The Morgan fingerprint density at radius 1 is 1.11 bits per heavy atom. The van der Waals surface area contributed by atoms with Gasteiger partial charge in [0.15, 0.2) is 5.82 Å². The molecule has 0 fully saturated rings. The summed E-state index contributed by atoms with van der Waals surface area (Å²) >= 11 is 1.69. The average molecular weight is 270 g/mol. The topological polar surface area (TPSA) is 27.1 Å². The number of imidazole rings is 1. The van der Waals surface area contributed by atoms with Crippen LogP contribution in [-0.4, -0.2) is 9.55 Å². The predicted molar refractivity (Wildman–Crippen MR) is 76.8 cm³/mol. The third-order valence-corrected chi connectivity index (χ3v) is 3.66. The molecular weight excluding hydrogens is 256 g/mol. The molecule has 0 saturated carbocycles. The predicted octanol–water partition coefficient (Wildman–Crippen LogP) is 3.79. The molecule has 3 aromatic rings. The largest absolute Gasteiger partial charge is 0.356 e. The molecule has 0 aliphatic rings. The lowest BCUT2D eigenvalue weighted by Gasteiger charge is -2.08. The zero-order chi connectivity index (χ0) is 12.9. The van der Waals surface area contributed by atoms with E-state index in [1.807, 2.05) is 35.0 Å². The van der Waals surface area contributed by atoms with E-state index in [4.69, 9.17) is 4.74 Å². The summed E-state index contributed by atoms with van der Waals surface area (Å²) in [5, 5.41) is 2.05. The summed E-state index contributed by atoms with van der Waals surface area (Å²) in [7, 11) is 0. The van der Waals surface area contributed by atoms with E-state index in [0.29, 0.717) is 13.3 Å². The van der Waals surface area contributed by atoms with E-state index in [1.54, 1.807) is 17.5 Å². The summed E-state index contributed by atoms with van der Waals surface area (Å²) in [5.74, 6) is 0.961. The van der Waals surface area contributed by atoms with Gasteiger partial charge in [0.05, 0.1) is 11.5 Å². The van der Waals surface area contributed by atoms with Gasteiger partial charge in [0.25, 0.3) is 0 Å². The molecule has 0 atom stereocenters. The summed E-state index contributed by atoms with van der Waals surface area (Å²) in [4.78, 5) is 5.54. The van der Waals surface area contributed by atoms with Crippen LogP contribution in [0.1, 0.15) is 5.56 Å². The molecule has 19 heavy (non-hydrogen) atoms. The fourth-order valence-electron chi connectivity index (χ4n) is 1.88. The lowest BCUT2D eigenvalue weighted by atomic mass is 10.2. The molecule has 0 spiro atoms. The third kappa shape index (κ3) is 2.92. The van der Waals surface area contributed by atoms with Gasteiger partial charge in [0.2, 0.25) is 0 Å². The SMILES string of the molecule is c1ccc(COCn2ccnc2-c2cccs2)cc1. The van der Waals surface area contributed by atoms with Gasteiger partial charge in [-0.1, -0.05) is 36.4 Å². The van der Waals surface area contributed by atoms with Crippen molar-refractivity contribution in [3.8, 4) is 10.7 Å². The van der Waals surface area contributed by atoms with E-state index in [-0.39, 0.29) is 0 Å². The lowest BCUT2D eigenvalue weighted by molar-refractivity contribution is 0.0650. The van der Waals surface area contributed by atoms with Gasteiger partial charge in [-0.25, -0.2) is 4.98 Å². The fraction of sp³-hybridized carbons (Fsp3) is 0.133. The number of rotatable bonds is 5. The number of benzene rings is 1. The van der Waals surface area contributed by atoms with Crippen molar-refractivity contribution in [2.75, 3.05) is 0 Å². The summed E-state index contributed by atoms with van der Waals surface area (Å²) < 4.78 is 7.75. The minimum Gasteiger partial charge on any atom is -0.356 e. The second-order valence-corrected chi connectivity index (χ2v) is 5.11. The maximum atomic E-state index is 5.73. The number of ether oxygens (including phenoxy) is 1. The zero-order valence-electron chi connectivity index (χ0n) is 10.4. The normalized spacial score (nSPS) is 10.7. The first-order valence-corrected chi connectivity index (χ1v) is 6.98. The molecule has 2 heterocycles. The summed E-state index contributed by atoms with van der Waals surface area (Å²) in [6.45, 7) is 1.13. The van der Waals surface area contributed by atoms with E-state index in [2.05, 4.69) is 28.6 Å². The van der Waals surface area contributed by atoms with Gasteiger partial charge < -0.3 is 9.30 Å². The van der Waals surface area contributed by atoms with Crippen molar-refractivity contribution < 1.29 is 4.74 Å². The van der Waals surface area contributed by atoms with E-state index in [9.17, 15) is 0 Å². The molecule has 2 aromatic heterocycles. The first-order chi connectivity index (χ1) is 9.43. The van der Waals surface area contributed by atoms with Crippen LogP contribution in [0.25, 0.3) is 10.7 Å². The van der Waals surface area contributed by atoms with Crippen molar-refractivity contribution in [3.05, 3.63) is 65.8 Å². The molecule has 3 nitrogen and oxygen atoms in total. The molecule has 0 unspecified atom stereocenters. The highest BCUT2D eigenvalue weighted by atomic mass is 32.1. The van der Waals surface area contributed by atoms with Crippen molar-refractivity contribution in [1.29, 1.82) is 0 Å². The molecule has 1 aromatic carbocycles. The zero-order valence-corrected chi connectivity index (χ0v) is 11.2. The number of thiophene rings is 1. The average Bonchev–Trinajstić information content (AvgIpc) is 3.10. The Labute approximate surface area is 116 Å². The molecule has 0 aliphatic carbocycles. The second kappa shape index (κ2) is 5.82. The molecule has 0 N–H and O–H groups in total. The molecule has 0 bridgehead atoms. The van der Waals surface area contributed by atoms with Crippen molar-refractivity contribution >= 4 is 11.3 Å². The van der Waals surface area contributed by atoms with Crippen molar-refractivity contribution in [1.82, 2.24) is 9.55 Å². The molecule has 0 radical (unpaired) electrons. The summed E-state index contributed by atoms with van der Waals surface area (Å²) in [6.07, 6.45) is 3.75. The van der Waals surface area contributed by atoms with Crippen LogP contribution in [0.3, 0.4) is 0 Å². The monoisotopic (exact) mass is 270 g/mol. The van der Waals surface area contributed by atoms with Crippen LogP contribution in [0.2, 0.25) is 0 Å². The highest BCUT2D eigenvalue weighted by molar-refractivity contribution is 7.13. The number of nitrogens with zero attached hydrogens (tertiary/aromatic N) is 2. The van der Waals surface area contributed by atoms with E-state index < -0.39 is 0 Å². The second-order valence-electron chi connectivity index (χ2n) is 4.16. The highest BCUT2D eigenvalue weighted by Gasteiger charge is 2.06. The molecule has 0 aliphatic heterocycles. The molecule has 4 heteroatoms. The van der Waals surface area contributed by atoms with Gasteiger partial charge in [-0.05, 0) is 17.0 Å². The van der Waals surface area contributed by atoms with Crippen LogP contribution in [0.4, 0.5) is 0 Å². The number of aromatic nitrogens is 2. The Balaban J connectivity index is 1.64. The molecule has 0 amide bonds. The van der Waals surface area contributed by atoms with Crippen molar-refractivity contribution in [2.24, 2.45) is 0 Å². The van der Waals surface area contributed by atoms with Gasteiger partial charge >= 0.3 is 0 Å². The third-order valence-electron chi connectivity index (χ3n) is 2.80. The lowest BCUT2D eigenvalue weighted by Crippen LogP contribution is -2.03. The maximum Gasteiger partial charge on any atom is 0.151 e. The maximum absolute atomic E-state index is 5.73. The first-order valence-electron chi connectivity index (χ1n) is 6.10. The summed E-state index contributed by atoms with van der Waals surface area (Å²) in [6, 6.07) is 14.3. The van der Waals surface area contributed by atoms with Crippen LogP contribution in [-0.2, 0) is 18.1 Å². The van der Waals surface area contributed by atoms with Gasteiger partial charge in [0, 0.05) is 12.4 Å². The smallest absolute Gasteiger partial charge is 0.151 e. The van der Waals surface area contributed by atoms with Crippen LogP contribution >= 0.6 is 11.3 Å². The van der Waals surface area contributed by atoms with Gasteiger partial charge in [-0.3, -0.25) is 0 Å². The standard InChI is InChI=1S/C15H14N2OS/c1-2-5-13(6-3-1)11-18-12-17-9-8-16-15(17)14-7-4-10-19-14/h1-10H,11-12H2. The Hall–Kier alpha value is -1.91. The molecule has 96 valence electrons. The Kier molecular flexibility index (Phi) is 3.72. The van der Waals surface area contributed by atoms with E-state index >= 15 is 0 Å². The van der Waals surface area contributed by atoms with Crippen LogP contribution in [0, 0.1) is 0 Å². The molecular formula is C15H14N2OS. The van der Waals surface area contributed by atoms with E-state index in [0.717, 1.165) is 10.7 Å². The van der Waals surface area contributed by atoms with Crippen molar-refractivity contribution in [2.45, 2.75) is 13.3 Å². The Bertz CT molecular complexity index is 617. The number of hydrogen-bond acceptors (Lipinski definition) is 3. The highest BCUT2D eigenvalue weighted by Crippen LogP contribution is 2.22. The fourth-order valence-corrected chi connectivity index (χ4v) is 2.62. The number of hydrogen-bond donors (Lipinski definition) is 0. The Morgan fingerprint density at radius 3 is 2.79 bits per heavy atom. The van der Waals surface area contributed by atoms with Gasteiger partial charge in [-0.2, -0.15) is 0 Å². The van der Waals surface area contributed by atoms with Crippen LogP contribution < -0.4 is 0 Å². The Morgan fingerprint density at radius 2 is 2.00 bits per heavy atom. The van der Waals surface area contributed by atoms with E-state index in [1.165, 1.54) is 5.56 Å². The van der Waals surface area contributed by atoms with Crippen molar-refractivity contribution in [3.63, 3.8) is 0 Å².